The predicted molar refractivity (Wildman–Crippen MR) is 234 cm³/mol. The number of para-hydroxylation sites is 1. The molecule has 12 rings (SSSR count). The lowest BCUT2D eigenvalue weighted by atomic mass is 10.0. The second-order valence-electron chi connectivity index (χ2n) is 14.2. The number of rotatable bonds is 5. The monoisotopic (exact) mass is 747 g/mol. The van der Waals surface area contributed by atoms with Crippen LogP contribution in [0.4, 0.5) is 0 Å². The highest BCUT2D eigenvalue weighted by molar-refractivity contribution is 7.25. The van der Waals surface area contributed by atoms with Gasteiger partial charge in [0.1, 0.15) is 5.52 Å². The summed E-state index contributed by atoms with van der Waals surface area (Å²) in [6, 6.07) is 61.0. The van der Waals surface area contributed by atoms with Crippen LogP contribution in [0.1, 0.15) is 0 Å². The van der Waals surface area contributed by atoms with Crippen molar-refractivity contribution in [1.82, 2.24) is 24.5 Å². The first-order valence-electron chi connectivity index (χ1n) is 18.9. The van der Waals surface area contributed by atoms with Gasteiger partial charge in [0.15, 0.2) is 23.1 Å². The molecule has 0 radical (unpaired) electrons. The Kier molecular flexibility index (Phi) is 7.00. The Morgan fingerprint density at radius 3 is 1.81 bits per heavy atom. The van der Waals surface area contributed by atoms with Crippen LogP contribution in [0.5, 0.6) is 0 Å². The van der Waals surface area contributed by atoms with Crippen molar-refractivity contribution in [3.8, 4) is 51.3 Å². The number of oxazole rings is 1. The number of hydrogen-bond acceptors (Lipinski definition) is 6. The highest BCUT2D eigenvalue weighted by Gasteiger charge is 2.21. The van der Waals surface area contributed by atoms with E-state index in [-0.39, 0.29) is 0 Å². The summed E-state index contributed by atoms with van der Waals surface area (Å²) in [5.41, 5.74) is 8.49. The van der Waals surface area contributed by atoms with Gasteiger partial charge in [-0.3, -0.25) is 0 Å². The Labute approximate surface area is 330 Å². The molecular formula is C50H29N5OS. The molecule has 0 spiro atoms. The normalized spacial score (nSPS) is 11.9. The van der Waals surface area contributed by atoms with Gasteiger partial charge in [-0.25, -0.2) is 19.9 Å². The first-order valence-corrected chi connectivity index (χ1v) is 19.7. The van der Waals surface area contributed by atoms with Crippen molar-refractivity contribution < 1.29 is 4.42 Å². The molecule has 0 aliphatic carbocycles. The van der Waals surface area contributed by atoms with E-state index in [2.05, 4.69) is 120 Å². The van der Waals surface area contributed by atoms with Crippen molar-refractivity contribution in [2.24, 2.45) is 0 Å². The zero-order valence-corrected chi connectivity index (χ0v) is 31.1. The molecule has 0 N–H and O–H groups in total. The van der Waals surface area contributed by atoms with E-state index in [1.54, 1.807) is 11.3 Å². The van der Waals surface area contributed by atoms with Crippen LogP contribution in [0.25, 0.3) is 115 Å². The van der Waals surface area contributed by atoms with E-state index >= 15 is 0 Å². The van der Waals surface area contributed by atoms with Crippen molar-refractivity contribution in [1.29, 1.82) is 0 Å². The topological polar surface area (TPSA) is 69.6 Å². The minimum absolute atomic E-state index is 0.607. The maximum absolute atomic E-state index is 6.64. The molecule has 0 saturated heterocycles. The van der Waals surface area contributed by atoms with Gasteiger partial charge in [0.05, 0.1) is 11.0 Å². The zero-order valence-electron chi connectivity index (χ0n) is 30.3. The number of fused-ring (bicyclic) bond motifs is 10. The third-order valence-corrected chi connectivity index (χ3v) is 12.0. The molecular weight excluding hydrogens is 719 g/mol. The lowest BCUT2D eigenvalue weighted by molar-refractivity contribution is 0.623. The van der Waals surface area contributed by atoms with E-state index in [0.29, 0.717) is 23.4 Å². The zero-order chi connectivity index (χ0) is 37.5. The second-order valence-corrected chi connectivity index (χ2v) is 15.3. The lowest BCUT2D eigenvalue weighted by Crippen LogP contribution is -2.00. The summed E-state index contributed by atoms with van der Waals surface area (Å²) in [7, 11) is 0. The average Bonchev–Trinajstić information content (AvgIpc) is 3.99. The lowest BCUT2D eigenvalue weighted by Gasteiger charge is -2.10. The smallest absolute Gasteiger partial charge is 0.227 e. The summed E-state index contributed by atoms with van der Waals surface area (Å²) in [6.45, 7) is 0. The summed E-state index contributed by atoms with van der Waals surface area (Å²) in [4.78, 5) is 20.3. The van der Waals surface area contributed by atoms with Crippen LogP contribution < -0.4 is 0 Å². The Hall–Kier alpha value is -7.48. The summed E-state index contributed by atoms with van der Waals surface area (Å²) in [6.07, 6.45) is 0. The van der Waals surface area contributed by atoms with Crippen molar-refractivity contribution in [3.63, 3.8) is 0 Å². The molecule has 0 fully saturated rings. The van der Waals surface area contributed by atoms with E-state index in [9.17, 15) is 0 Å². The first kappa shape index (κ1) is 31.8. The number of hydrogen-bond donors (Lipinski definition) is 0. The molecule has 0 aliphatic rings. The van der Waals surface area contributed by atoms with Gasteiger partial charge in [0, 0.05) is 64.3 Å². The Morgan fingerprint density at radius 1 is 0.421 bits per heavy atom. The Bertz CT molecular complexity index is 3520. The molecule has 4 aromatic heterocycles. The highest BCUT2D eigenvalue weighted by atomic mass is 32.1. The van der Waals surface area contributed by atoms with Crippen LogP contribution >= 0.6 is 11.3 Å². The van der Waals surface area contributed by atoms with Crippen LogP contribution in [-0.4, -0.2) is 24.5 Å². The van der Waals surface area contributed by atoms with Gasteiger partial charge in [0.2, 0.25) is 5.89 Å². The van der Waals surface area contributed by atoms with Crippen molar-refractivity contribution in [3.05, 3.63) is 176 Å². The van der Waals surface area contributed by atoms with Crippen LogP contribution in [0.15, 0.2) is 180 Å². The Morgan fingerprint density at radius 2 is 1.04 bits per heavy atom. The maximum Gasteiger partial charge on any atom is 0.227 e. The van der Waals surface area contributed by atoms with Crippen LogP contribution in [0, 0.1) is 0 Å². The van der Waals surface area contributed by atoms with Crippen molar-refractivity contribution >= 4 is 75.2 Å². The molecule has 4 heterocycles. The molecule has 0 aliphatic heterocycles. The van der Waals surface area contributed by atoms with E-state index in [1.165, 1.54) is 20.2 Å². The standard InChI is InChI=1S/C50H29N5OS/c1-4-12-31(13-5-1)47-52-48(54-49(53-47)34-20-24-37-36-18-10-11-19-42(36)57-43(37)29-34)33-21-25-38-41(28-33)55(35-16-8-3-9-17-35)40-27-23-30-22-26-39-46(44(30)45(38)40)56-50(51-39)32-14-6-2-7-15-32/h1-29H. The van der Waals surface area contributed by atoms with Gasteiger partial charge in [-0.05, 0) is 60.0 Å². The van der Waals surface area contributed by atoms with Crippen molar-refractivity contribution in [2.45, 2.75) is 0 Å². The first-order chi connectivity index (χ1) is 28.2. The number of aromatic nitrogens is 5. The van der Waals surface area contributed by atoms with Gasteiger partial charge in [-0.1, -0.05) is 121 Å². The SMILES string of the molecule is c1ccc(-c2nc(-c3ccc4c(c3)sc3ccccc34)nc(-c3ccc4c5c6c(ccc7nc(-c8ccccc8)oc76)ccc5n(-c5ccccc5)c4c3)n2)cc1. The van der Waals surface area contributed by atoms with E-state index < -0.39 is 0 Å². The number of nitrogens with zero attached hydrogens (tertiary/aromatic N) is 5. The third-order valence-electron chi connectivity index (χ3n) is 10.9. The van der Waals surface area contributed by atoms with E-state index in [0.717, 1.165) is 71.6 Å². The molecule has 0 bridgehead atoms. The number of thiophene rings is 1. The summed E-state index contributed by atoms with van der Waals surface area (Å²) >= 11 is 1.79. The molecule has 57 heavy (non-hydrogen) atoms. The van der Waals surface area contributed by atoms with Crippen molar-refractivity contribution in [2.75, 3.05) is 0 Å². The molecule has 0 saturated carbocycles. The molecule has 12 aromatic rings. The quantitative estimate of drug-likeness (QED) is 0.175. The van der Waals surface area contributed by atoms with E-state index in [1.807, 2.05) is 60.7 Å². The summed E-state index contributed by atoms with van der Waals surface area (Å²) in [5.74, 6) is 2.48. The maximum atomic E-state index is 6.64. The molecule has 0 unspecified atom stereocenters. The molecule has 0 atom stereocenters. The van der Waals surface area contributed by atoms with Gasteiger partial charge in [-0.2, -0.15) is 0 Å². The minimum atomic E-state index is 0.607. The summed E-state index contributed by atoms with van der Waals surface area (Å²) < 4.78 is 11.4. The average molecular weight is 748 g/mol. The van der Waals surface area contributed by atoms with Crippen LogP contribution in [-0.2, 0) is 0 Å². The van der Waals surface area contributed by atoms with E-state index in [4.69, 9.17) is 24.4 Å². The van der Waals surface area contributed by atoms with Crippen LogP contribution in [0.2, 0.25) is 0 Å². The van der Waals surface area contributed by atoms with Gasteiger partial charge in [-0.15, -0.1) is 11.3 Å². The predicted octanol–water partition coefficient (Wildman–Crippen LogP) is 13.3. The van der Waals surface area contributed by atoms with Crippen LogP contribution in [0.3, 0.4) is 0 Å². The fraction of sp³-hybridized carbons (Fsp3) is 0. The van der Waals surface area contributed by atoms with Gasteiger partial charge >= 0.3 is 0 Å². The molecule has 8 aromatic carbocycles. The molecule has 0 amide bonds. The molecule has 266 valence electrons. The summed E-state index contributed by atoms with van der Waals surface area (Å²) in [5, 5.41) is 6.84. The minimum Gasteiger partial charge on any atom is -0.435 e. The fourth-order valence-corrected chi connectivity index (χ4v) is 9.36. The Balaban J connectivity index is 1.10. The number of benzene rings is 8. The van der Waals surface area contributed by atoms with Gasteiger partial charge in [0.25, 0.3) is 0 Å². The molecule has 7 heteroatoms. The van der Waals surface area contributed by atoms with Gasteiger partial charge < -0.3 is 8.98 Å². The third kappa shape index (κ3) is 5.10. The highest BCUT2D eigenvalue weighted by Crippen LogP contribution is 2.42. The molecule has 6 nitrogen and oxygen atoms in total. The fourth-order valence-electron chi connectivity index (χ4n) is 8.21. The largest absolute Gasteiger partial charge is 0.435 e. The second kappa shape index (κ2) is 12.5.